The Morgan fingerprint density at radius 3 is 2.43 bits per heavy atom. The maximum absolute atomic E-state index is 12.5. The molecule has 0 unspecified atom stereocenters. The summed E-state index contributed by atoms with van der Waals surface area (Å²) in [5.41, 5.74) is 1.82. The molecule has 3 N–H and O–H groups in total. The van der Waals surface area contributed by atoms with Crippen molar-refractivity contribution in [1.29, 1.82) is 0 Å². The molecule has 1 aliphatic heterocycles. The Kier molecular flexibility index (Phi) is 11.4. The van der Waals surface area contributed by atoms with Crippen molar-refractivity contribution in [3.05, 3.63) is 29.3 Å². The van der Waals surface area contributed by atoms with Crippen LogP contribution >= 0.6 is 37.2 Å². The first-order chi connectivity index (χ1) is 15.1. The molecule has 200 valence electrons. The number of rotatable bonds is 6. The van der Waals surface area contributed by atoms with E-state index in [0.717, 1.165) is 5.69 Å². The molecule has 1 aliphatic carbocycles. The van der Waals surface area contributed by atoms with Crippen LogP contribution in [0.25, 0.3) is 0 Å². The highest BCUT2D eigenvalue weighted by molar-refractivity contribution is 7.91. The second-order valence-electron chi connectivity index (χ2n) is 8.71. The SMILES string of the molecule is Cc1cc(C(=O)N[C@@H]2C[C@H](Cn3cc(CN4CCS(=O)(=O)CC4)nn3)[C@@H](O)[C@H]2O)nn1C.Cl.Cl.Cl. The van der Waals surface area contributed by atoms with E-state index >= 15 is 0 Å². The number of nitrogens with one attached hydrogen (secondary N) is 1. The third kappa shape index (κ3) is 7.51. The molecular formula is C19H32Cl3N7O5S. The Labute approximate surface area is 222 Å². The largest absolute Gasteiger partial charge is 0.390 e. The van der Waals surface area contributed by atoms with Gasteiger partial charge in [-0.25, -0.2) is 8.42 Å². The molecule has 2 aromatic rings. The molecule has 0 spiro atoms. The van der Waals surface area contributed by atoms with Crippen molar-refractivity contribution in [2.75, 3.05) is 24.6 Å². The predicted molar refractivity (Wildman–Crippen MR) is 135 cm³/mol. The zero-order valence-corrected chi connectivity index (χ0v) is 22.6. The minimum Gasteiger partial charge on any atom is -0.390 e. The number of aliphatic hydroxyl groups excluding tert-OH is 2. The van der Waals surface area contributed by atoms with Crippen molar-refractivity contribution in [1.82, 2.24) is 35.0 Å². The van der Waals surface area contributed by atoms with Crippen LogP contribution in [0.15, 0.2) is 12.3 Å². The molecule has 4 rings (SSSR count). The van der Waals surface area contributed by atoms with Crippen molar-refractivity contribution >= 4 is 53.0 Å². The first-order valence-corrected chi connectivity index (χ1v) is 12.4. The van der Waals surface area contributed by atoms with Crippen LogP contribution in [0.1, 0.15) is 28.3 Å². The van der Waals surface area contributed by atoms with Crippen molar-refractivity contribution in [2.45, 2.75) is 44.7 Å². The van der Waals surface area contributed by atoms with Gasteiger partial charge in [0.15, 0.2) is 9.84 Å². The predicted octanol–water partition coefficient (Wildman–Crippen LogP) is -0.644. The van der Waals surface area contributed by atoms with Crippen LogP contribution < -0.4 is 5.32 Å². The highest BCUT2D eigenvalue weighted by Gasteiger charge is 2.42. The number of hydrogen-bond acceptors (Lipinski definition) is 9. The molecule has 4 atom stereocenters. The summed E-state index contributed by atoms with van der Waals surface area (Å²) in [5.74, 6) is -0.399. The summed E-state index contributed by atoms with van der Waals surface area (Å²) in [6.07, 6.45) is 0.0573. The second kappa shape index (κ2) is 12.7. The van der Waals surface area contributed by atoms with Crippen LogP contribution in [0, 0.1) is 12.8 Å². The molecule has 2 fully saturated rings. The van der Waals surface area contributed by atoms with Crippen LogP contribution in [0.3, 0.4) is 0 Å². The van der Waals surface area contributed by atoms with Gasteiger partial charge in [0.1, 0.15) is 11.8 Å². The summed E-state index contributed by atoms with van der Waals surface area (Å²) in [6, 6.07) is 1.07. The lowest BCUT2D eigenvalue weighted by atomic mass is 10.1. The van der Waals surface area contributed by atoms with Crippen molar-refractivity contribution in [3.8, 4) is 0 Å². The molecule has 0 radical (unpaired) electrons. The fourth-order valence-electron chi connectivity index (χ4n) is 4.24. The molecule has 2 aromatic heterocycles. The van der Waals surface area contributed by atoms with Crippen LogP contribution in [0.2, 0.25) is 0 Å². The minimum atomic E-state index is -2.93. The summed E-state index contributed by atoms with van der Waals surface area (Å²) >= 11 is 0. The number of hydrogen-bond donors (Lipinski definition) is 3. The summed E-state index contributed by atoms with van der Waals surface area (Å²) in [6.45, 7) is 3.63. The molecule has 0 bridgehead atoms. The Morgan fingerprint density at radius 1 is 1.17 bits per heavy atom. The van der Waals surface area contributed by atoms with Gasteiger partial charge in [0.25, 0.3) is 5.91 Å². The van der Waals surface area contributed by atoms with Crippen molar-refractivity contribution in [2.24, 2.45) is 13.0 Å². The van der Waals surface area contributed by atoms with E-state index in [9.17, 15) is 23.4 Å². The molecular weight excluding hydrogens is 545 g/mol. The fourth-order valence-corrected chi connectivity index (χ4v) is 5.52. The molecule has 1 saturated heterocycles. The number of carbonyl (C=O) groups is 1. The maximum atomic E-state index is 12.5. The third-order valence-electron chi connectivity index (χ3n) is 6.30. The fraction of sp³-hybridized carbons (Fsp3) is 0.684. The summed E-state index contributed by atoms with van der Waals surface area (Å²) in [5, 5.41) is 36.1. The summed E-state index contributed by atoms with van der Waals surface area (Å²) in [7, 11) is -1.19. The van der Waals surface area contributed by atoms with Gasteiger partial charge in [0, 0.05) is 51.0 Å². The first-order valence-electron chi connectivity index (χ1n) is 10.6. The lowest BCUT2D eigenvalue weighted by Gasteiger charge is -2.25. The molecule has 1 amide bonds. The summed E-state index contributed by atoms with van der Waals surface area (Å²) in [4.78, 5) is 14.5. The van der Waals surface area contributed by atoms with Gasteiger partial charge in [-0.15, -0.1) is 42.3 Å². The number of carbonyl (C=O) groups excluding carboxylic acids is 1. The van der Waals surface area contributed by atoms with Gasteiger partial charge < -0.3 is 15.5 Å². The maximum Gasteiger partial charge on any atom is 0.272 e. The number of sulfone groups is 1. The zero-order chi connectivity index (χ0) is 23.0. The third-order valence-corrected chi connectivity index (χ3v) is 7.90. The number of halogens is 3. The van der Waals surface area contributed by atoms with E-state index in [0.29, 0.717) is 38.3 Å². The van der Waals surface area contributed by atoms with Gasteiger partial charge >= 0.3 is 0 Å². The molecule has 16 heteroatoms. The van der Waals surface area contributed by atoms with Gasteiger partial charge in [0.2, 0.25) is 0 Å². The number of aryl methyl sites for hydroxylation is 2. The van der Waals surface area contributed by atoms with E-state index in [-0.39, 0.29) is 60.3 Å². The summed E-state index contributed by atoms with van der Waals surface area (Å²) < 4.78 is 26.3. The van der Waals surface area contributed by atoms with Crippen LogP contribution in [-0.2, 0) is 30.0 Å². The van der Waals surface area contributed by atoms with Gasteiger partial charge in [-0.3, -0.25) is 19.1 Å². The Hall–Kier alpha value is -1.48. The van der Waals surface area contributed by atoms with E-state index in [1.165, 1.54) is 0 Å². The van der Waals surface area contributed by atoms with E-state index < -0.39 is 34.0 Å². The standard InChI is InChI=1S/C19H29N7O5S.3ClH/c1-12-7-16(22-24(12)2)19(29)20-15-8-13(17(27)18(15)28)9-26-11-14(21-23-26)10-25-3-5-32(30,31)6-4-25;;;/h7,11,13,15,17-18,27-28H,3-6,8-10H2,1-2H3,(H,20,29);3*1H/t13-,15-,17-,18+;;;/m1.../s1. The van der Waals surface area contributed by atoms with Gasteiger partial charge in [0.05, 0.1) is 29.3 Å². The minimum absolute atomic E-state index is 0. The van der Waals surface area contributed by atoms with Gasteiger partial charge in [-0.2, -0.15) is 5.10 Å². The van der Waals surface area contributed by atoms with Gasteiger partial charge in [-0.05, 0) is 19.4 Å². The smallest absolute Gasteiger partial charge is 0.272 e. The van der Waals surface area contributed by atoms with E-state index in [2.05, 4.69) is 20.7 Å². The lowest BCUT2D eigenvalue weighted by Crippen LogP contribution is -2.43. The Bertz CT molecular complexity index is 1060. The second-order valence-corrected chi connectivity index (χ2v) is 11.0. The average molecular weight is 577 g/mol. The lowest BCUT2D eigenvalue weighted by molar-refractivity contribution is 0.00759. The quantitative estimate of drug-likeness (QED) is 0.407. The van der Waals surface area contributed by atoms with E-state index in [1.54, 1.807) is 28.7 Å². The van der Waals surface area contributed by atoms with E-state index in [1.807, 2.05) is 11.8 Å². The normalized spacial score (nSPS) is 25.7. The van der Waals surface area contributed by atoms with Gasteiger partial charge in [-0.1, -0.05) is 5.21 Å². The first kappa shape index (κ1) is 31.5. The van der Waals surface area contributed by atoms with Crippen LogP contribution in [-0.4, -0.2) is 97.1 Å². The molecule has 12 nitrogen and oxygen atoms in total. The highest BCUT2D eigenvalue weighted by atomic mass is 35.5. The number of aliphatic hydroxyl groups is 2. The molecule has 2 aliphatic rings. The molecule has 35 heavy (non-hydrogen) atoms. The number of amides is 1. The molecule has 1 saturated carbocycles. The molecule has 0 aromatic carbocycles. The number of nitrogens with zero attached hydrogens (tertiary/aromatic N) is 6. The Morgan fingerprint density at radius 2 is 1.83 bits per heavy atom. The van der Waals surface area contributed by atoms with Crippen LogP contribution in [0.4, 0.5) is 0 Å². The monoisotopic (exact) mass is 575 g/mol. The van der Waals surface area contributed by atoms with Crippen LogP contribution in [0.5, 0.6) is 0 Å². The number of aromatic nitrogens is 5. The molecule has 3 heterocycles. The van der Waals surface area contributed by atoms with Crippen molar-refractivity contribution < 1.29 is 23.4 Å². The average Bonchev–Trinajstić information content (AvgIpc) is 3.39. The van der Waals surface area contributed by atoms with Crippen molar-refractivity contribution in [3.63, 3.8) is 0 Å². The Balaban J connectivity index is 0.00000204. The topological polar surface area (TPSA) is 155 Å². The highest BCUT2D eigenvalue weighted by Crippen LogP contribution is 2.28. The zero-order valence-electron chi connectivity index (χ0n) is 19.3. The van der Waals surface area contributed by atoms with E-state index in [4.69, 9.17) is 0 Å².